The minimum atomic E-state index is -0.369. The zero-order valence-electron chi connectivity index (χ0n) is 11.9. The van der Waals surface area contributed by atoms with Gasteiger partial charge in [0.05, 0.1) is 11.5 Å². The first-order valence-corrected chi connectivity index (χ1v) is 7.85. The van der Waals surface area contributed by atoms with E-state index >= 15 is 0 Å². The summed E-state index contributed by atoms with van der Waals surface area (Å²) in [6.45, 7) is 4.18. The standard InChI is InChI=1S/C13H19N3O4S/c1-2-20-13(17)15-5-3-11(4-6-15)14-8-10-7-12(16(18)19)21-9-10/h7,9,11,14H,2-6,8H2,1H3. The molecule has 0 aromatic carbocycles. The second-order valence-corrected chi connectivity index (χ2v) is 5.78. The van der Waals surface area contributed by atoms with Crippen LogP contribution in [0.4, 0.5) is 9.80 Å². The molecule has 7 nitrogen and oxygen atoms in total. The van der Waals surface area contributed by atoms with Crippen molar-refractivity contribution >= 4 is 22.4 Å². The molecule has 1 aliphatic heterocycles. The minimum absolute atomic E-state index is 0.170. The molecule has 1 N–H and O–H groups in total. The molecule has 0 atom stereocenters. The van der Waals surface area contributed by atoms with E-state index in [9.17, 15) is 14.9 Å². The quantitative estimate of drug-likeness (QED) is 0.666. The van der Waals surface area contributed by atoms with E-state index in [0.717, 1.165) is 29.7 Å². The van der Waals surface area contributed by atoms with Crippen molar-refractivity contribution < 1.29 is 14.5 Å². The summed E-state index contributed by atoms with van der Waals surface area (Å²) < 4.78 is 4.98. The van der Waals surface area contributed by atoms with Crippen LogP contribution in [0.5, 0.6) is 0 Å². The van der Waals surface area contributed by atoms with Gasteiger partial charge in [0.15, 0.2) is 0 Å². The molecule has 1 fully saturated rings. The van der Waals surface area contributed by atoms with Crippen LogP contribution in [0.2, 0.25) is 0 Å². The van der Waals surface area contributed by atoms with E-state index in [0.29, 0.717) is 32.3 Å². The van der Waals surface area contributed by atoms with E-state index in [4.69, 9.17) is 4.74 Å². The third-order valence-electron chi connectivity index (χ3n) is 3.44. The molecule has 0 spiro atoms. The van der Waals surface area contributed by atoms with Crippen molar-refractivity contribution in [1.29, 1.82) is 0 Å². The highest BCUT2D eigenvalue weighted by Crippen LogP contribution is 2.22. The lowest BCUT2D eigenvalue weighted by Crippen LogP contribution is -2.44. The van der Waals surface area contributed by atoms with Crippen LogP contribution in [0.15, 0.2) is 11.4 Å². The largest absolute Gasteiger partial charge is 0.450 e. The maximum Gasteiger partial charge on any atom is 0.409 e. The Hall–Kier alpha value is -1.67. The van der Waals surface area contributed by atoms with Crippen LogP contribution in [0.3, 0.4) is 0 Å². The highest BCUT2D eigenvalue weighted by molar-refractivity contribution is 7.13. The fourth-order valence-electron chi connectivity index (χ4n) is 2.29. The molecular weight excluding hydrogens is 294 g/mol. The van der Waals surface area contributed by atoms with E-state index in [2.05, 4.69) is 5.32 Å². The molecule has 2 rings (SSSR count). The molecule has 0 bridgehead atoms. The SMILES string of the molecule is CCOC(=O)N1CCC(NCc2csc([N+](=O)[O-])c2)CC1. The smallest absolute Gasteiger partial charge is 0.409 e. The van der Waals surface area contributed by atoms with Crippen LogP contribution in [0, 0.1) is 10.1 Å². The number of nitrogens with zero attached hydrogens (tertiary/aromatic N) is 2. The lowest BCUT2D eigenvalue weighted by atomic mass is 10.1. The van der Waals surface area contributed by atoms with Gasteiger partial charge in [0, 0.05) is 37.1 Å². The Balaban J connectivity index is 1.73. The number of carbonyl (C=O) groups excluding carboxylic acids is 1. The van der Waals surface area contributed by atoms with E-state index in [1.807, 2.05) is 0 Å². The molecule has 116 valence electrons. The Morgan fingerprint density at radius 1 is 1.57 bits per heavy atom. The second-order valence-electron chi connectivity index (χ2n) is 4.89. The third-order valence-corrected chi connectivity index (χ3v) is 4.36. The van der Waals surface area contributed by atoms with Crippen molar-refractivity contribution in [3.05, 3.63) is 27.1 Å². The van der Waals surface area contributed by atoms with E-state index < -0.39 is 0 Å². The third kappa shape index (κ3) is 4.40. The fourth-order valence-corrected chi connectivity index (χ4v) is 3.02. The zero-order valence-corrected chi connectivity index (χ0v) is 12.7. The van der Waals surface area contributed by atoms with Gasteiger partial charge in [0.1, 0.15) is 0 Å². The summed E-state index contributed by atoms with van der Waals surface area (Å²) in [6, 6.07) is 1.93. The van der Waals surface area contributed by atoms with Crippen molar-refractivity contribution in [2.24, 2.45) is 0 Å². The molecule has 1 amide bonds. The van der Waals surface area contributed by atoms with Gasteiger partial charge in [-0.1, -0.05) is 11.3 Å². The maximum atomic E-state index is 11.6. The number of hydrogen-bond acceptors (Lipinski definition) is 6. The van der Waals surface area contributed by atoms with Gasteiger partial charge in [-0.25, -0.2) is 4.79 Å². The van der Waals surface area contributed by atoms with Crippen molar-refractivity contribution in [1.82, 2.24) is 10.2 Å². The molecule has 0 unspecified atom stereocenters. The Bertz CT molecular complexity index is 497. The zero-order chi connectivity index (χ0) is 15.2. The monoisotopic (exact) mass is 313 g/mol. The minimum Gasteiger partial charge on any atom is -0.450 e. The summed E-state index contributed by atoms with van der Waals surface area (Å²) in [7, 11) is 0. The molecule has 2 heterocycles. The molecule has 1 saturated heterocycles. The summed E-state index contributed by atoms with van der Waals surface area (Å²) in [5.41, 5.74) is 0.930. The Morgan fingerprint density at radius 3 is 2.86 bits per heavy atom. The fraction of sp³-hybridized carbons (Fsp3) is 0.615. The highest BCUT2D eigenvalue weighted by atomic mass is 32.1. The topological polar surface area (TPSA) is 84.7 Å². The first-order valence-electron chi connectivity index (χ1n) is 6.97. The van der Waals surface area contributed by atoms with Gasteiger partial charge >= 0.3 is 11.1 Å². The molecule has 0 saturated carbocycles. The first kappa shape index (κ1) is 15.7. The number of nitrogens with one attached hydrogen (secondary N) is 1. The van der Waals surface area contributed by atoms with Gasteiger partial charge in [-0.2, -0.15) is 0 Å². The number of ether oxygens (including phenoxy) is 1. The van der Waals surface area contributed by atoms with E-state index in [1.165, 1.54) is 0 Å². The van der Waals surface area contributed by atoms with Gasteiger partial charge in [0.25, 0.3) is 0 Å². The second kappa shape index (κ2) is 7.37. The molecule has 0 aliphatic carbocycles. The maximum absolute atomic E-state index is 11.6. The first-order chi connectivity index (χ1) is 10.1. The van der Waals surface area contributed by atoms with Crippen LogP contribution in [-0.2, 0) is 11.3 Å². The molecule has 1 aromatic rings. The predicted octanol–water partition coefficient (Wildman–Crippen LogP) is 2.37. The predicted molar refractivity (Wildman–Crippen MR) is 79.4 cm³/mol. The van der Waals surface area contributed by atoms with Crippen LogP contribution in [0.25, 0.3) is 0 Å². The number of amides is 1. The average Bonchev–Trinajstić information content (AvgIpc) is 2.95. The summed E-state index contributed by atoms with van der Waals surface area (Å²) >= 11 is 1.15. The Kier molecular flexibility index (Phi) is 5.51. The summed E-state index contributed by atoms with van der Waals surface area (Å²) in [5, 5.41) is 16.0. The molecular formula is C13H19N3O4S. The number of carbonyl (C=O) groups is 1. The number of piperidine rings is 1. The van der Waals surface area contributed by atoms with E-state index in [1.54, 1.807) is 23.3 Å². The summed E-state index contributed by atoms with van der Waals surface area (Å²) in [4.78, 5) is 23.5. The molecule has 21 heavy (non-hydrogen) atoms. The van der Waals surface area contributed by atoms with Crippen LogP contribution >= 0.6 is 11.3 Å². The lowest BCUT2D eigenvalue weighted by Gasteiger charge is -2.31. The summed E-state index contributed by atoms with van der Waals surface area (Å²) in [6.07, 6.45) is 1.49. The van der Waals surface area contributed by atoms with Gasteiger partial charge in [0.2, 0.25) is 0 Å². The molecule has 0 radical (unpaired) electrons. The highest BCUT2D eigenvalue weighted by Gasteiger charge is 2.23. The Labute approximate surface area is 127 Å². The number of nitro groups is 1. The number of hydrogen-bond donors (Lipinski definition) is 1. The van der Waals surface area contributed by atoms with Gasteiger partial charge < -0.3 is 15.0 Å². The summed E-state index contributed by atoms with van der Waals surface area (Å²) in [5.74, 6) is 0. The van der Waals surface area contributed by atoms with Crippen molar-refractivity contribution in [2.75, 3.05) is 19.7 Å². The normalized spacial score (nSPS) is 16.0. The molecule has 1 aromatic heterocycles. The van der Waals surface area contributed by atoms with Crippen LogP contribution < -0.4 is 5.32 Å². The number of likely N-dealkylation sites (tertiary alicyclic amines) is 1. The number of rotatable bonds is 5. The van der Waals surface area contributed by atoms with E-state index in [-0.39, 0.29) is 16.0 Å². The van der Waals surface area contributed by atoms with Gasteiger partial charge in [-0.3, -0.25) is 10.1 Å². The van der Waals surface area contributed by atoms with Gasteiger partial charge in [-0.15, -0.1) is 0 Å². The van der Waals surface area contributed by atoms with Crippen molar-refractivity contribution in [3.63, 3.8) is 0 Å². The van der Waals surface area contributed by atoms with Crippen molar-refractivity contribution in [2.45, 2.75) is 32.4 Å². The lowest BCUT2D eigenvalue weighted by molar-refractivity contribution is -0.380. The molecule has 8 heteroatoms. The van der Waals surface area contributed by atoms with Crippen LogP contribution in [-0.4, -0.2) is 41.7 Å². The van der Waals surface area contributed by atoms with Crippen molar-refractivity contribution in [3.8, 4) is 0 Å². The molecule has 1 aliphatic rings. The van der Waals surface area contributed by atoms with Gasteiger partial charge in [-0.05, 0) is 25.3 Å². The van der Waals surface area contributed by atoms with Crippen LogP contribution in [0.1, 0.15) is 25.3 Å². The average molecular weight is 313 g/mol. The Morgan fingerprint density at radius 2 is 2.29 bits per heavy atom. The number of thiophene rings is 1.